The fourth-order valence-corrected chi connectivity index (χ4v) is 5.48. The number of hydrogen-bond donors (Lipinski definition) is 5. The highest BCUT2D eigenvalue weighted by Crippen LogP contribution is 2.40. The number of methoxy groups -OCH3 is 1. The van der Waals surface area contributed by atoms with E-state index >= 15 is 0 Å². The van der Waals surface area contributed by atoms with Gasteiger partial charge in [-0.1, -0.05) is 0 Å². The number of nitrogens with one attached hydrogen (secondary N) is 2. The Bertz CT molecular complexity index is 1120. The van der Waals surface area contributed by atoms with E-state index in [2.05, 4.69) is 20.6 Å². The zero-order valence-electron chi connectivity index (χ0n) is 20.0. The highest BCUT2D eigenvalue weighted by atomic mass is 32.1. The van der Waals surface area contributed by atoms with E-state index in [0.29, 0.717) is 30.5 Å². The third-order valence-electron chi connectivity index (χ3n) is 6.20. The summed E-state index contributed by atoms with van der Waals surface area (Å²) >= 11 is 1.51. The van der Waals surface area contributed by atoms with Gasteiger partial charge in [0.15, 0.2) is 0 Å². The van der Waals surface area contributed by atoms with Gasteiger partial charge in [0.1, 0.15) is 22.4 Å². The summed E-state index contributed by atoms with van der Waals surface area (Å²) in [6.07, 6.45) is 1.69. The van der Waals surface area contributed by atoms with Gasteiger partial charge in [0, 0.05) is 25.3 Å². The predicted molar refractivity (Wildman–Crippen MR) is 132 cm³/mol. The van der Waals surface area contributed by atoms with Crippen LogP contribution in [-0.2, 0) is 4.74 Å². The van der Waals surface area contributed by atoms with Crippen LogP contribution in [0.5, 0.6) is 0 Å². The predicted octanol–water partition coefficient (Wildman–Crippen LogP) is 2.20. The van der Waals surface area contributed by atoms with Crippen LogP contribution in [0.4, 0.5) is 11.8 Å². The molecule has 4 rings (SSSR count). The number of aryl methyl sites for hydroxylation is 1. The summed E-state index contributed by atoms with van der Waals surface area (Å²) in [4.78, 5) is 18.2. The van der Waals surface area contributed by atoms with Crippen LogP contribution in [0, 0.1) is 12.8 Å². The third kappa shape index (κ3) is 4.98. The van der Waals surface area contributed by atoms with Crippen molar-refractivity contribution in [3.8, 4) is 10.6 Å². The summed E-state index contributed by atoms with van der Waals surface area (Å²) in [6.45, 7) is 7.63. The van der Waals surface area contributed by atoms with E-state index in [4.69, 9.17) is 14.7 Å². The highest BCUT2D eigenvalue weighted by molar-refractivity contribution is 7.21. The average Bonchev–Trinajstić information content (AvgIpc) is 3.29. The second-order valence-corrected chi connectivity index (χ2v) is 10.5. The van der Waals surface area contributed by atoms with Crippen LogP contribution in [0.3, 0.4) is 0 Å². The second kappa shape index (κ2) is 9.67. The number of anilines is 2. The Morgan fingerprint density at radius 1 is 1.24 bits per heavy atom. The Labute approximate surface area is 202 Å². The molecule has 0 unspecified atom stereocenters. The monoisotopic (exact) mass is 488 g/mol. The molecular weight excluding hydrogens is 456 g/mol. The smallest absolute Gasteiger partial charge is 0.225 e. The van der Waals surface area contributed by atoms with E-state index in [1.165, 1.54) is 11.3 Å². The Balaban J connectivity index is 1.74. The normalized spacial score (nSPS) is 23.9. The molecule has 0 radical (unpaired) electrons. The first-order valence-corrected chi connectivity index (χ1v) is 12.1. The first-order chi connectivity index (χ1) is 16.1. The molecule has 1 fully saturated rings. The molecule has 3 heterocycles. The van der Waals surface area contributed by atoms with Gasteiger partial charge in [0.05, 0.1) is 46.5 Å². The molecule has 3 aromatic heterocycles. The molecule has 0 amide bonds. The SMILES string of the molecule is COC[C@@H](C)Nc1nc(C)c(-c2nc3cnccc3s2)c(N[C@@H]2C[C@H](C(C)(C)O)[C@@H](O)[C@H]2O)n1. The zero-order valence-corrected chi connectivity index (χ0v) is 20.8. The lowest BCUT2D eigenvalue weighted by molar-refractivity contribution is -0.0601. The number of nitrogens with zero attached hydrogens (tertiary/aromatic N) is 4. The molecule has 184 valence electrons. The molecular formula is C23H32N6O4S. The van der Waals surface area contributed by atoms with Crippen LogP contribution in [0.2, 0.25) is 0 Å². The topological polar surface area (TPSA) is 146 Å². The van der Waals surface area contributed by atoms with Crippen molar-refractivity contribution < 1.29 is 20.1 Å². The fraction of sp³-hybridized carbons (Fsp3) is 0.565. The molecule has 11 heteroatoms. The molecule has 10 nitrogen and oxygen atoms in total. The van der Waals surface area contributed by atoms with E-state index in [-0.39, 0.29) is 6.04 Å². The third-order valence-corrected chi connectivity index (χ3v) is 7.25. The molecule has 0 aromatic carbocycles. The van der Waals surface area contributed by atoms with Gasteiger partial charge in [-0.25, -0.2) is 9.97 Å². The maximum Gasteiger partial charge on any atom is 0.225 e. The fourth-order valence-electron chi connectivity index (χ4n) is 4.45. The number of pyridine rings is 1. The molecule has 0 aliphatic heterocycles. The molecule has 0 bridgehead atoms. The minimum atomic E-state index is -1.14. The Kier molecular flexibility index (Phi) is 7.02. The summed E-state index contributed by atoms with van der Waals surface area (Å²) < 4.78 is 6.20. The van der Waals surface area contributed by atoms with E-state index in [0.717, 1.165) is 20.8 Å². The lowest BCUT2D eigenvalue weighted by Gasteiger charge is -2.28. The summed E-state index contributed by atoms with van der Waals surface area (Å²) in [5.74, 6) is 0.432. The minimum absolute atomic E-state index is 0.0184. The van der Waals surface area contributed by atoms with Gasteiger partial charge in [0.25, 0.3) is 0 Å². The van der Waals surface area contributed by atoms with Crippen molar-refractivity contribution in [2.75, 3.05) is 24.4 Å². The number of thiazole rings is 1. The number of fused-ring (bicyclic) bond motifs is 1. The lowest BCUT2D eigenvalue weighted by Crippen LogP contribution is -2.40. The number of ether oxygens (including phenoxy) is 1. The van der Waals surface area contributed by atoms with Crippen molar-refractivity contribution >= 4 is 33.3 Å². The number of aliphatic hydroxyl groups excluding tert-OH is 2. The van der Waals surface area contributed by atoms with Crippen molar-refractivity contribution in [2.24, 2.45) is 5.92 Å². The quantitative estimate of drug-likeness (QED) is 0.320. The summed E-state index contributed by atoms with van der Waals surface area (Å²) in [6, 6.07) is 1.38. The Hall–Kier alpha value is -2.44. The maximum absolute atomic E-state index is 10.8. The van der Waals surface area contributed by atoms with Crippen molar-refractivity contribution in [3.05, 3.63) is 24.2 Å². The first kappa shape index (κ1) is 24.7. The van der Waals surface area contributed by atoms with Gasteiger partial charge in [-0.2, -0.15) is 4.98 Å². The average molecular weight is 489 g/mol. The molecule has 1 aliphatic carbocycles. The van der Waals surface area contributed by atoms with Gasteiger partial charge in [-0.05, 0) is 40.2 Å². The molecule has 0 saturated heterocycles. The van der Waals surface area contributed by atoms with Crippen molar-refractivity contribution in [1.29, 1.82) is 0 Å². The van der Waals surface area contributed by atoms with Crippen LogP contribution < -0.4 is 10.6 Å². The van der Waals surface area contributed by atoms with Crippen molar-refractivity contribution in [3.63, 3.8) is 0 Å². The largest absolute Gasteiger partial charge is 0.390 e. The van der Waals surface area contributed by atoms with Crippen LogP contribution in [-0.4, -0.2) is 78.9 Å². The molecule has 5 N–H and O–H groups in total. The molecule has 1 saturated carbocycles. The van der Waals surface area contributed by atoms with Gasteiger partial charge < -0.3 is 30.7 Å². The van der Waals surface area contributed by atoms with E-state index < -0.39 is 29.8 Å². The minimum Gasteiger partial charge on any atom is -0.390 e. The summed E-state index contributed by atoms with van der Waals surface area (Å²) in [5.41, 5.74) is 1.08. The lowest BCUT2D eigenvalue weighted by atomic mass is 9.88. The number of rotatable bonds is 8. The summed E-state index contributed by atoms with van der Waals surface area (Å²) in [5, 5.41) is 39.1. The maximum atomic E-state index is 10.8. The molecule has 34 heavy (non-hydrogen) atoms. The Morgan fingerprint density at radius 3 is 2.65 bits per heavy atom. The number of aromatic nitrogens is 4. The van der Waals surface area contributed by atoms with Gasteiger partial charge >= 0.3 is 0 Å². The zero-order chi connectivity index (χ0) is 24.6. The van der Waals surface area contributed by atoms with Crippen LogP contribution in [0.15, 0.2) is 18.5 Å². The van der Waals surface area contributed by atoms with Gasteiger partial charge in [-0.15, -0.1) is 11.3 Å². The van der Waals surface area contributed by atoms with E-state index in [1.54, 1.807) is 33.4 Å². The highest BCUT2D eigenvalue weighted by Gasteiger charge is 2.48. The first-order valence-electron chi connectivity index (χ1n) is 11.3. The van der Waals surface area contributed by atoms with E-state index in [9.17, 15) is 15.3 Å². The van der Waals surface area contributed by atoms with Gasteiger partial charge in [0.2, 0.25) is 5.95 Å². The summed E-state index contributed by atoms with van der Waals surface area (Å²) in [7, 11) is 1.63. The standard InChI is InChI=1S/C23H32N6O4S/c1-11(10-33-5)25-22-26-12(2)17(21-28-15-9-24-7-6-16(15)34-21)20(29-22)27-14-8-13(23(3,4)32)18(30)19(14)31/h6-7,9,11,13-14,18-19,30-32H,8,10H2,1-5H3,(H2,25,26,27,29)/t11-,13+,14-,18-,19+/m1/s1. The van der Waals surface area contributed by atoms with Crippen molar-refractivity contribution in [1.82, 2.24) is 19.9 Å². The Morgan fingerprint density at radius 2 is 2.00 bits per heavy atom. The van der Waals surface area contributed by atoms with Crippen LogP contribution >= 0.6 is 11.3 Å². The molecule has 3 aromatic rings. The second-order valence-electron chi connectivity index (χ2n) is 9.45. The number of aliphatic hydroxyl groups is 3. The van der Waals surface area contributed by atoms with E-state index in [1.807, 2.05) is 19.9 Å². The molecule has 1 aliphatic rings. The van der Waals surface area contributed by atoms with Crippen LogP contribution in [0.25, 0.3) is 20.8 Å². The van der Waals surface area contributed by atoms with Crippen molar-refractivity contribution in [2.45, 2.75) is 64.0 Å². The number of hydrogen-bond acceptors (Lipinski definition) is 11. The van der Waals surface area contributed by atoms with Gasteiger partial charge in [-0.3, -0.25) is 4.98 Å². The van der Waals surface area contributed by atoms with Crippen LogP contribution in [0.1, 0.15) is 32.9 Å². The molecule has 0 spiro atoms. The molecule has 5 atom stereocenters.